The zero-order chi connectivity index (χ0) is 15.1. The third kappa shape index (κ3) is 5.61. The fraction of sp³-hybridized carbons (Fsp3) is 0.588. The molecule has 1 heterocycles. The molecule has 0 unspecified atom stereocenters. The van der Waals surface area contributed by atoms with Gasteiger partial charge in [-0.3, -0.25) is 0 Å². The second-order valence-corrected chi connectivity index (χ2v) is 7.84. The maximum atomic E-state index is 8.86. The quantitative estimate of drug-likeness (QED) is 0.780. The van der Waals surface area contributed by atoms with Crippen LogP contribution in [0.4, 0.5) is 0 Å². The molecule has 1 aromatic rings. The van der Waals surface area contributed by atoms with Gasteiger partial charge in [-0.2, -0.15) is 17.0 Å². The van der Waals surface area contributed by atoms with Gasteiger partial charge in [-0.05, 0) is 37.6 Å². The molecule has 0 saturated carbocycles. The van der Waals surface area contributed by atoms with E-state index in [4.69, 9.17) is 10.00 Å². The largest absolute Gasteiger partial charge is 0.494 e. The number of benzene rings is 1. The highest BCUT2D eigenvalue weighted by Gasteiger charge is 2.23. The Morgan fingerprint density at radius 3 is 3.05 bits per heavy atom. The van der Waals surface area contributed by atoms with E-state index in [0.29, 0.717) is 16.9 Å². The Morgan fingerprint density at radius 1 is 1.38 bits per heavy atom. The maximum absolute atomic E-state index is 8.86. The third-order valence-electron chi connectivity index (χ3n) is 3.78. The molecule has 0 atom stereocenters. The van der Waals surface area contributed by atoms with E-state index >= 15 is 0 Å². The molecule has 0 radical (unpaired) electrons. The molecule has 114 valence electrons. The van der Waals surface area contributed by atoms with Crippen LogP contribution in [0.3, 0.4) is 0 Å². The average Bonchev–Trinajstić information content (AvgIpc) is 2.65. The van der Waals surface area contributed by atoms with Crippen molar-refractivity contribution >= 4 is 11.8 Å². The van der Waals surface area contributed by atoms with Gasteiger partial charge in [-0.25, -0.2) is 0 Å². The Hall–Kier alpha value is -1.18. The van der Waals surface area contributed by atoms with Gasteiger partial charge in [-0.15, -0.1) is 0 Å². The molecule has 0 N–H and O–H groups in total. The fourth-order valence-corrected chi connectivity index (χ4v) is 3.56. The van der Waals surface area contributed by atoms with E-state index in [0.717, 1.165) is 18.7 Å². The SMILES string of the molecule is CC1(C)CCN(CCCOc2cccc(C#N)c2)CCS1. The van der Waals surface area contributed by atoms with Crippen molar-refractivity contribution in [3.8, 4) is 11.8 Å². The van der Waals surface area contributed by atoms with Crippen LogP contribution in [-0.4, -0.2) is 41.6 Å². The predicted octanol–water partition coefficient (Wildman–Crippen LogP) is 3.54. The van der Waals surface area contributed by atoms with Crippen LogP contribution in [0.5, 0.6) is 5.75 Å². The Bertz CT molecular complexity index is 496. The van der Waals surface area contributed by atoms with Crippen molar-refractivity contribution in [2.75, 3.05) is 32.0 Å². The Labute approximate surface area is 132 Å². The van der Waals surface area contributed by atoms with Crippen molar-refractivity contribution in [1.29, 1.82) is 5.26 Å². The van der Waals surface area contributed by atoms with E-state index in [1.54, 1.807) is 12.1 Å². The summed E-state index contributed by atoms with van der Waals surface area (Å²) in [5.74, 6) is 2.01. The smallest absolute Gasteiger partial charge is 0.120 e. The number of nitrogens with zero attached hydrogens (tertiary/aromatic N) is 2. The molecule has 0 spiro atoms. The van der Waals surface area contributed by atoms with Crippen molar-refractivity contribution in [3.05, 3.63) is 29.8 Å². The Balaban J connectivity index is 1.69. The van der Waals surface area contributed by atoms with Crippen molar-refractivity contribution in [1.82, 2.24) is 4.90 Å². The summed E-state index contributed by atoms with van der Waals surface area (Å²) in [7, 11) is 0. The first-order valence-corrected chi connectivity index (χ1v) is 8.57. The first kappa shape index (κ1) is 16.2. The lowest BCUT2D eigenvalue weighted by molar-refractivity contribution is 0.240. The summed E-state index contributed by atoms with van der Waals surface area (Å²) >= 11 is 2.08. The van der Waals surface area contributed by atoms with E-state index < -0.39 is 0 Å². The van der Waals surface area contributed by atoms with Gasteiger partial charge in [0.2, 0.25) is 0 Å². The van der Waals surface area contributed by atoms with Crippen molar-refractivity contribution in [3.63, 3.8) is 0 Å². The van der Waals surface area contributed by atoms with E-state index in [2.05, 4.69) is 36.6 Å². The summed E-state index contributed by atoms with van der Waals surface area (Å²) in [5.41, 5.74) is 0.652. The van der Waals surface area contributed by atoms with Crippen molar-refractivity contribution in [2.24, 2.45) is 0 Å². The van der Waals surface area contributed by atoms with Crippen LogP contribution in [0.1, 0.15) is 32.3 Å². The minimum atomic E-state index is 0.420. The number of hydrogen-bond acceptors (Lipinski definition) is 4. The predicted molar refractivity (Wildman–Crippen MR) is 88.9 cm³/mol. The molecule has 2 rings (SSSR count). The Morgan fingerprint density at radius 2 is 2.24 bits per heavy atom. The van der Waals surface area contributed by atoms with Gasteiger partial charge in [0.15, 0.2) is 0 Å². The number of ether oxygens (including phenoxy) is 1. The molecule has 21 heavy (non-hydrogen) atoms. The van der Waals surface area contributed by atoms with Gasteiger partial charge >= 0.3 is 0 Å². The lowest BCUT2D eigenvalue weighted by Crippen LogP contribution is -2.29. The first-order valence-electron chi connectivity index (χ1n) is 7.58. The highest BCUT2D eigenvalue weighted by atomic mass is 32.2. The van der Waals surface area contributed by atoms with Crippen molar-refractivity contribution < 1.29 is 4.74 Å². The summed E-state index contributed by atoms with van der Waals surface area (Å²) in [6.45, 7) is 8.84. The highest BCUT2D eigenvalue weighted by molar-refractivity contribution is 8.00. The number of thioether (sulfide) groups is 1. The number of nitriles is 1. The molecule has 1 fully saturated rings. The van der Waals surface area contributed by atoms with Gasteiger partial charge in [0.25, 0.3) is 0 Å². The van der Waals surface area contributed by atoms with E-state index in [1.165, 1.54) is 25.3 Å². The average molecular weight is 304 g/mol. The second-order valence-electron chi connectivity index (χ2n) is 6.04. The van der Waals surface area contributed by atoms with E-state index in [1.807, 2.05) is 12.1 Å². The molecule has 4 heteroatoms. The summed E-state index contributed by atoms with van der Waals surface area (Å²) in [4.78, 5) is 2.54. The van der Waals surface area contributed by atoms with E-state index in [-0.39, 0.29) is 0 Å². The molecule has 1 aliphatic rings. The summed E-state index contributed by atoms with van der Waals surface area (Å²) < 4.78 is 6.15. The lowest BCUT2D eigenvalue weighted by atomic mass is 10.1. The standard InChI is InChI=1S/C17H24N2OS/c1-17(2)7-9-19(10-12-21-17)8-4-11-20-16-6-3-5-15(13-16)14-18/h3,5-6,13H,4,7-12H2,1-2H3. The van der Waals surface area contributed by atoms with Gasteiger partial charge < -0.3 is 9.64 Å². The molecule has 0 bridgehead atoms. The molecule has 1 saturated heterocycles. The zero-order valence-corrected chi connectivity index (χ0v) is 13.8. The fourth-order valence-electron chi connectivity index (χ4n) is 2.42. The van der Waals surface area contributed by atoms with Gasteiger partial charge in [0.1, 0.15) is 5.75 Å². The second kappa shape index (κ2) is 7.72. The number of hydrogen-bond donors (Lipinski definition) is 0. The summed E-state index contributed by atoms with van der Waals surface area (Å²) in [5, 5.41) is 8.86. The van der Waals surface area contributed by atoms with Crippen LogP contribution in [0.15, 0.2) is 24.3 Å². The monoisotopic (exact) mass is 304 g/mol. The lowest BCUT2D eigenvalue weighted by Gasteiger charge is -2.22. The molecule has 3 nitrogen and oxygen atoms in total. The molecule has 0 aromatic heterocycles. The van der Waals surface area contributed by atoms with Crippen LogP contribution in [0.2, 0.25) is 0 Å². The third-order valence-corrected chi connectivity index (χ3v) is 5.15. The molecule has 1 aliphatic heterocycles. The van der Waals surface area contributed by atoms with Crippen LogP contribution in [-0.2, 0) is 0 Å². The maximum Gasteiger partial charge on any atom is 0.120 e. The van der Waals surface area contributed by atoms with Gasteiger partial charge in [0, 0.05) is 23.6 Å². The first-order chi connectivity index (χ1) is 10.1. The van der Waals surface area contributed by atoms with Crippen LogP contribution in [0, 0.1) is 11.3 Å². The molecular formula is C17H24N2OS. The minimum absolute atomic E-state index is 0.420. The Kier molecular flexibility index (Phi) is 5.96. The van der Waals surface area contributed by atoms with Gasteiger partial charge in [0.05, 0.1) is 18.2 Å². The molecular weight excluding hydrogens is 280 g/mol. The van der Waals surface area contributed by atoms with Crippen molar-refractivity contribution in [2.45, 2.75) is 31.4 Å². The van der Waals surface area contributed by atoms with Gasteiger partial charge in [-0.1, -0.05) is 19.9 Å². The topological polar surface area (TPSA) is 36.3 Å². The molecule has 0 aliphatic carbocycles. The van der Waals surface area contributed by atoms with Crippen LogP contribution < -0.4 is 4.74 Å². The summed E-state index contributed by atoms with van der Waals surface area (Å²) in [6, 6.07) is 9.50. The number of rotatable bonds is 5. The van der Waals surface area contributed by atoms with Crippen LogP contribution >= 0.6 is 11.8 Å². The minimum Gasteiger partial charge on any atom is -0.494 e. The highest BCUT2D eigenvalue weighted by Crippen LogP contribution is 2.30. The zero-order valence-electron chi connectivity index (χ0n) is 13.0. The summed E-state index contributed by atoms with van der Waals surface area (Å²) in [6.07, 6.45) is 2.28. The van der Waals surface area contributed by atoms with Crippen LogP contribution in [0.25, 0.3) is 0 Å². The molecule has 0 amide bonds. The van der Waals surface area contributed by atoms with E-state index in [9.17, 15) is 0 Å². The molecule has 1 aromatic carbocycles. The normalized spacial score (nSPS) is 18.7.